The first kappa shape index (κ1) is 14.8. The minimum absolute atomic E-state index is 0.137. The normalized spacial score (nSPS) is 11.6. The average Bonchev–Trinajstić information content (AvgIpc) is 2.12. The molecule has 0 amide bonds. The van der Waals surface area contributed by atoms with Gasteiger partial charge in [0.25, 0.3) is 0 Å². The maximum Gasteiger partial charge on any atom is 0.163 e. The van der Waals surface area contributed by atoms with Crippen molar-refractivity contribution in [2.75, 3.05) is 0 Å². The summed E-state index contributed by atoms with van der Waals surface area (Å²) in [4.78, 5) is 22.4. The number of Topliss-reactive ketones (excluding diaryl/α,β-unsaturated/α-hetero) is 2. The highest BCUT2D eigenvalue weighted by Gasteiger charge is 2.10. The summed E-state index contributed by atoms with van der Waals surface area (Å²) in [6, 6.07) is 0. The molecule has 0 aromatic carbocycles. The van der Waals surface area contributed by atoms with Crippen LogP contribution in [-0.4, -0.2) is 11.6 Å². The topological polar surface area (TPSA) is 34.1 Å². The molecule has 0 aromatic rings. The van der Waals surface area contributed by atoms with Gasteiger partial charge in [-0.25, -0.2) is 0 Å². The third kappa shape index (κ3) is 6.33. The Labute approximate surface area is 98.4 Å². The van der Waals surface area contributed by atoms with Crippen molar-refractivity contribution in [3.8, 4) is 0 Å². The summed E-state index contributed by atoms with van der Waals surface area (Å²) in [7, 11) is 0. The van der Waals surface area contributed by atoms with Gasteiger partial charge in [0.2, 0.25) is 0 Å². The van der Waals surface area contributed by atoms with Crippen LogP contribution in [0, 0.1) is 5.92 Å². The molecular weight excluding hydrogens is 200 g/mol. The minimum Gasteiger partial charge on any atom is -0.294 e. The number of hydrogen-bond donors (Lipinski definition) is 0. The molecule has 0 aliphatic rings. The third-order valence-electron chi connectivity index (χ3n) is 2.38. The monoisotopic (exact) mass is 222 g/mol. The fraction of sp³-hybridized carbons (Fsp3) is 0.571. The Hall–Kier alpha value is -1.18. The van der Waals surface area contributed by atoms with Crippen LogP contribution in [0.25, 0.3) is 0 Å². The number of allylic oxidation sites excluding steroid dienone is 4. The van der Waals surface area contributed by atoms with Crippen LogP contribution >= 0.6 is 0 Å². The molecule has 0 aromatic heterocycles. The molecule has 1 atom stereocenters. The number of carbonyl (C=O) groups is 2. The lowest BCUT2D eigenvalue weighted by atomic mass is 9.98. The van der Waals surface area contributed by atoms with E-state index in [4.69, 9.17) is 0 Å². The van der Waals surface area contributed by atoms with E-state index in [1.165, 1.54) is 19.4 Å². The molecule has 0 aliphatic heterocycles. The van der Waals surface area contributed by atoms with Crippen molar-refractivity contribution in [3.05, 3.63) is 23.3 Å². The van der Waals surface area contributed by atoms with Crippen molar-refractivity contribution >= 4 is 11.6 Å². The van der Waals surface area contributed by atoms with Gasteiger partial charge in [0.15, 0.2) is 11.6 Å². The zero-order valence-corrected chi connectivity index (χ0v) is 11.0. The Kier molecular flexibility index (Phi) is 6.63. The Bertz CT molecular complexity index is 302. The lowest BCUT2D eigenvalue weighted by Gasteiger charge is -2.06. The van der Waals surface area contributed by atoms with Gasteiger partial charge in [0.05, 0.1) is 5.57 Å². The molecule has 0 spiro atoms. The molecule has 16 heavy (non-hydrogen) atoms. The Balaban J connectivity index is 4.43. The zero-order chi connectivity index (χ0) is 12.7. The highest BCUT2D eigenvalue weighted by molar-refractivity contribution is 6.18. The first-order valence-electron chi connectivity index (χ1n) is 5.71. The van der Waals surface area contributed by atoms with Crippen molar-refractivity contribution in [1.82, 2.24) is 0 Å². The third-order valence-corrected chi connectivity index (χ3v) is 2.38. The van der Waals surface area contributed by atoms with Gasteiger partial charge in [-0.05, 0) is 46.5 Å². The molecule has 2 nitrogen and oxygen atoms in total. The maximum atomic E-state index is 11.2. The van der Waals surface area contributed by atoms with Crippen LogP contribution in [-0.2, 0) is 9.59 Å². The molecule has 0 rings (SSSR count). The second-order valence-corrected chi connectivity index (χ2v) is 4.53. The van der Waals surface area contributed by atoms with Crippen molar-refractivity contribution in [2.24, 2.45) is 5.92 Å². The largest absolute Gasteiger partial charge is 0.294 e. The molecule has 0 N–H and O–H groups in total. The SMILES string of the molecule is CC(=O)C(=CC(C)CCC=C(C)C)C(C)=O. The molecule has 0 heterocycles. The van der Waals surface area contributed by atoms with E-state index >= 15 is 0 Å². The van der Waals surface area contributed by atoms with Crippen LogP contribution < -0.4 is 0 Å². The number of ketones is 2. The Morgan fingerprint density at radius 1 is 1.06 bits per heavy atom. The highest BCUT2D eigenvalue weighted by atomic mass is 16.1. The van der Waals surface area contributed by atoms with Gasteiger partial charge in [-0.1, -0.05) is 24.6 Å². The lowest BCUT2D eigenvalue weighted by molar-refractivity contribution is -0.119. The van der Waals surface area contributed by atoms with Crippen molar-refractivity contribution in [2.45, 2.75) is 47.5 Å². The van der Waals surface area contributed by atoms with Gasteiger partial charge < -0.3 is 0 Å². The molecule has 0 saturated heterocycles. The van der Waals surface area contributed by atoms with Gasteiger partial charge in [-0.15, -0.1) is 0 Å². The van der Waals surface area contributed by atoms with Gasteiger partial charge in [-0.2, -0.15) is 0 Å². The maximum absolute atomic E-state index is 11.2. The fourth-order valence-electron chi connectivity index (χ4n) is 1.49. The van der Waals surface area contributed by atoms with Gasteiger partial charge in [-0.3, -0.25) is 9.59 Å². The minimum atomic E-state index is -0.137. The van der Waals surface area contributed by atoms with E-state index < -0.39 is 0 Å². The standard InChI is InChI=1S/C14H22O2/c1-10(2)7-6-8-11(3)9-14(12(4)15)13(5)16/h7,9,11H,6,8H2,1-5H3. The molecule has 0 radical (unpaired) electrons. The van der Waals surface area contributed by atoms with Crippen LogP contribution in [0.15, 0.2) is 23.3 Å². The van der Waals surface area contributed by atoms with Crippen LogP contribution in [0.5, 0.6) is 0 Å². The summed E-state index contributed by atoms with van der Waals surface area (Å²) in [5, 5.41) is 0. The summed E-state index contributed by atoms with van der Waals surface area (Å²) in [5.41, 5.74) is 1.64. The molecule has 2 heteroatoms. The zero-order valence-electron chi connectivity index (χ0n) is 11.0. The van der Waals surface area contributed by atoms with E-state index in [0.717, 1.165) is 12.8 Å². The second-order valence-electron chi connectivity index (χ2n) is 4.53. The van der Waals surface area contributed by atoms with Crippen LogP contribution in [0.4, 0.5) is 0 Å². The Morgan fingerprint density at radius 3 is 1.94 bits per heavy atom. The number of rotatable bonds is 6. The summed E-state index contributed by atoms with van der Waals surface area (Å²) in [6.07, 6.45) is 5.92. The van der Waals surface area contributed by atoms with E-state index in [0.29, 0.717) is 5.57 Å². The number of hydrogen-bond acceptors (Lipinski definition) is 2. The van der Waals surface area contributed by atoms with Gasteiger partial charge in [0, 0.05) is 0 Å². The van der Waals surface area contributed by atoms with Crippen LogP contribution in [0.2, 0.25) is 0 Å². The molecule has 0 fully saturated rings. The average molecular weight is 222 g/mol. The van der Waals surface area contributed by atoms with E-state index in [1.807, 2.05) is 6.92 Å². The fourth-order valence-corrected chi connectivity index (χ4v) is 1.49. The van der Waals surface area contributed by atoms with E-state index in [9.17, 15) is 9.59 Å². The molecular formula is C14H22O2. The number of carbonyl (C=O) groups excluding carboxylic acids is 2. The predicted molar refractivity (Wildman–Crippen MR) is 67.3 cm³/mol. The van der Waals surface area contributed by atoms with E-state index in [-0.39, 0.29) is 17.5 Å². The van der Waals surface area contributed by atoms with Crippen molar-refractivity contribution in [3.63, 3.8) is 0 Å². The summed E-state index contributed by atoms with van der Waals surface area (Å²) in [6.45, 7) is 9.05. The highest BCUT2D eigenvalue weighted by Crippen LogP contribution is 2.12. The smallest absolute Gasteiger partial charge is 0.163 e. The second kappa shape index (κ2) is 7.15. The van der Waals surface area contributed by atoms with Crippen LogP contribution in [0.3, 0.4) is 0 Å². The molecule has 1 unspecified atom stereocenters. The summed E-state index contributed by atoms with van der Waals surface area (Å²) < 4.78 is 0. The van der Waals surface area contributed by atoms with E-state index in [2.05, 4.69) is 19.9 Å². The quantitative estimate of drug-likeness (QED) is 0.298. The van der Waals surface area contributed by atoms with Crippen molar-refractivity contribution in [1.29, 1.82) is 0 Å². The predicted octanol–water partition coefficient (Wildman–Crippen LogP) is 3.47. The van der Waals surface area contributed by atoms with Crippen molar-refractivity contribution < 1.29 is 9.59 Å². The molecule has 0 saturated carbocycles. The first-order valence-corrected chi connectivity index (χ1v) is 5.71. The molecule has 0 aliphatic carbocycles. The first-order chi connectivity index (χ1) is 7.34. The Morgan fingerprint density at radius 2 is 1.56 bits per heavy atom. The summed E-state index contributed by atoms with van der Waals surface area (Å²) >= 11 is 0. The van der Waals surface area contributed by atoms with Gasteiger partial charge >= 0.3 is 0 Å². The van der Waals surface area contributed by atoms with E-state index in [1.54, 1.807) is 6.08 Å². The summed E-state index contributed by atoms with van der Waals surface area (Å²) in [5.74, 6) is -0.0125. The molecule has 0 bridgehead atoms. The molecule has 90 valence electrons. The lowest BCUT2D eigenvalue weighted by Crippen LogP contribution is -2.08. The van der Waals surface area contributed by atoms with Crippen LogP contribution in [0.1, 0.15) is 47.5 Å². The van der Waals surface area contributed by atoms with Gasteiger partial charge in [0.1, 0.15) is 0 Å².